The van der Waals surface area contributed by atoms with Gasteiger partial charge in [0.2, 0.25) is 0 Å². The highest BCUT2D eigenvalue weighted by atomic mass is 19.1. The minimum Gasteiger partial charge on any atom is -0.366 e. The lowest BCUT2D eigenvalue weighted by Crippen LogP contribution is -2.47. The van der Waals surface area contributed by atoms with Gasteiger partial charge in [-0.1, -0.05) is 19.1 Å². The molecule has 6 heteroatoms. The Bertz CT molecular complexity index is 1360. The Labute approximate surface area is 192 Å². The third-order valence-electron chi connectivity index (χ3n) is 8.45. The molecule has 2 N–H and O–H groups in total. The van der Waals surface area contributed by atoms with Crippen LogP contribution in [-0.2, 0) is 0 Å². The molecule has 2 atom stereocenters. The van der Waals surface area contributed by atoms with E-state index in [4.69, 9.17) is 9.97 Å². The van der Waals surface area contributed by atoms with Gasteiger partial charge in [-0.15, -0.1) is 0 Å². The molecule has 4 aliphatic rings. The Morgan fingerprint density at radius 1 is 1.00 bits per heavy atom. The topological polar surface area (TPSA) is 66.5 Å². The zero-order valence-corrected chi connectivity index (χ0v) is 18.8. The van der Waals surface area contributed by atoms with E-state index in [1.807, 2.05) is 6.20 Å². The number of fused-ring (bicyclic) bond motifs is 5. The monoisotopic (exact) mass is 441 g/mol. The smallest absolute Gasteiger partial charge is 0.164 e. The Hall–Kier alpha value is -3.02. The molecular weight excluding hydrogens is 413 g/mol. The van der Waals surface area contributed by atoms with Crippen molar-refractivity contribution in [1.29, 1.82) is 0 Å². The molecule has 0 aliphatic heterocycles. The maximum absolute atomic E-state index is 14.0. The molecule has 0 radical (unpaired) electrons. The van der Waals surface area contributed by atoms with Crippen LogP contribution in [0.3, 0.4) is 0 Å². The van der Waals surface area contributed by atoms with Crippen LogP contribution in [0.25, 0.3) is 33.3 Å². The van der Waals surface area contributed by atoms with Gasteiger partial charge >= 0.3 is 0 Å². The van der Waals surface area contributed by atoms with Gasteiger partial charge in [-0.05, 0) is 79.9 Å². The third kappa shape index (κ3) is 3.14. The van der Waals surface area contributed by atoms with Crippen molar-refractivity contribution in [1.82, 2.24) is 19.9 Å². The summed E-state index contributed by atoms with van der Waals surface area (Å²) in [6, 6.07) is 8.46. The Morgan fingerprint density at radius 3 is 2.61 bits per heavy atom. The minimum atomic E-state index is -0.354. The zero-order chi connectivity index (χ0) is 22.1. The van der Waals surface area contributed by atoms with Crippen LogP contribution in [0.5, 0.6) is 0 Å². The largest absolute Gasteiger partial charge is 0.366 e. The second-order valence-corrected chi connectivity index (χ2v) is 10.4. The summed E-state index contributed by atoms with van der Waals surface area (Å²) in [5.74, 6) is 3.93. The van der Waals surface area contributed by atoms with Gasteiger partial charge in [0.05, 0.1) is 11.7 Å². The van der Waals surface area contributed by atoms with E-state index < -0.39 is 0 Å². The van der Waals surface area contributed by atoms with Crippen molar-refractivity contribution in [3.8, 4) is 11.4 Å². The van der Waals surface area contributed by atoms with Crippen LogP contribution < -0.4 is 5.32 Å². The van der Waals surface area contributed by atoms with Crippen LogP contribution >= 0.6 is 0 Å². The van der Waals surface area contributed by atoms with Gasteiger partial charge in [0.1, 0.15) is 17.3 Å². The summed E-state index contributed by atoms with van der Waals surface area (Å²) in [6.45, 7) is 2.40. The number of benzene rings is 1. The lowest BCUT2D eigenvalue weighted by molar-refractivity contribution is 0.0929. The van der Waals surface area contributed by atoms with Crippen molar-refractivity contribution in [2.24, 2.45) is 17.8 Å². The van der Waals surface area contributed by atoms with Crippen molar-refractivity contribution in [2.75, 3.05) is 5.32 Å². The third-order valence-corrected chi connectivity index (χ3v) is 8.45. The molecule has 1 aromatic carbocycles. The fraction of sp³-hybridized carbons (Fsp3) is 0.444. The minimum absolute atomic E-state index is 0.354. The lowest BCUT2D eigenvalue weighted by atomic mass is 9.62. The number of hydrogen-bond donors (Lipinski definition) is 2. The van der Waals surface area contributed by atoms with E-state index in [1.165, 1.54) is 56.4 Å². The SMILES string of the molecule is CC1C2CCC(CC2)C1Nc1nc(-c2c[nH]c3ncc(F)cc23)nc2c(C3CC3)cccc12. The molecule has 4 fully saturated rings. The fourth-order valence-electron chi connectivity index (χ4n) is 6.45. The predicted molar refractivity (Wildman–Crippen MR) is 129 cm³/mol. The molecule has 4 saturated carbocycles. The highest BCUT2D eigenvalue weighted by molar-refractivity contribution is 5.97. The standard InChI is InChI=1S/C27H28FN5/c1-14-15-5-9-17(10-6-15)23(14)31-26-20-4-2-3-19(16-7-8-16)24(20)32-27(33-26)22-13-30-25-21(22)11-18(28)12-29-25/h2-4,11-17,23H,5-10H2,1H3,(H,29,30)(H,31,32,33). The second-order valence-electron chi connectivity index (χ2n) is 10.4. The highest BCUT2D eigenvalue weighted by Crippen LogP contribution is 2.47. The van der Waals surface area contributed by atoms with Crippen LogP contribution in [0.2, 0.25) is 0 Å². The van der Waals surface area contributed by atoms with Crippen LogP contribution in [0.15, 0.2) is 36.7 Å². The number of rotatable bonds is 4. The van der Waals surface area contributed by atoms with Gasteiger partial charge in [-0.2, -0.15) is 0 Å². The molecule has 3 heterocycles. The van der Waals surface area contributed by atoms with Gasteiger partial charge in [0, 0.05) is 28.6 Å². The normalized spacial score (nSPS) is 26.8. The molecule has 3 aromatic heterocycles. The van der Waals surface area contributed by atoms with Gasteiger partial charge in [-0.25, -0.2) is 19.3 Å². The number of nitrogens with zero attached hydrogens (tertiary/aromatic N) is 3. The van der Waals surface area contributed by atoms with Crippen LogP contribution in [0.4, 0.5) is 10.2 Å². The molecule has 2 unspecified atom stereocenters. The van der Waals surface area contributed by atoms with Gasteiger partial charge in [0.15, 0.2) is 5.82 Å². The number of H-pyrrole nitrogens is 1. The van der Waals surface area contributed by atoms with E-state index in [1.54, 1.807) is 0 Å². The molecule has 168 valence electrons. The summed E-state index contributed by atoms with van der Waals surface area (Å²) in [5.41, 5.74) is 3.78. The number of nitrogens with one attached hydrogen (secondary N) is 2. The van der Waals surface area contributed by atoms with Crippen molar-refractivity contribution in [3.05, 3.63) is 48.0 Å². The van der Waals surface area contributed by atoms with Crippen molar-refractivity contribution in [3.63, 3.8) is 0 Å². The molecule has 0 saturated heterocycles. The number of para-hydroxylation sites is 1. The molecule has 0 amide bonds. The first-order valence-corrected chi connectivity index (χ1v) is 12.4. The van der Waals surface area contributed by atoms with Crippen molar-refractivity contribution >= 4 is 27.8 Å². The first-order chi connectivity index (χ1) is 16.2. The number of aromatic nitrogens is 4. The highest BCUT2D eigenvalue weighted by Gasteiger charge is 2.41. The maximum Gasteiger partial charge on any atom is 0.164 e. The Balaban J connectivity index is 1.41. The fourth-order valence-corrected chi connectivity index (χ4v) is 6.45. The number of pyridine rings is 1. The van der Waals surface area contributed by atoms with E-state index in [-0.39, 0.29) is 5.82 Å². The average molecular weight is 442 g/mol. The number of anilines is 1. The molecule has 33 heavy (non-hydrogen) atoms. The van der Waals surface area contributed by atoms with Crippen molar-refractivity contribution < 1.29 is 4.39 Å². The summed E-state index contributed by atoms with van der Waals surface area (Å²) < 4.78 is 14.0. The Morgan fingerprint density at radius 2 is 1.82 bits per heavy atom. The summed E-state index contributed by atoms with van der Waals surface area (Å²) in [4.78, 5) is 17.5. The van der Waals surface area contributed by atoms with Crippen molar-refractivity contribution in [2.45, 2.75) is 57.4 Å². The van der Waals surface area contributed by atoms with Crippen LogP contribution in [0, 0.1) is 23.6 Å². The predicted octanol–water partition coefficient (Wildman–Crippen LogP) is 6.43. The van der Waals surface area contributed by atoms with E-state index in [0.29, 0.717) is 40.7 Å². The molecule has 8 rings (SSSR count). The zero-order valence-electron chi connectivity index (χ0n) is 18.8. The summed E-state index contributed by atoms with van der Waals surface area (Å²) >= 11 is 0. The number of hydrogen-bond acceptors (Lipinski definition) is 4. The lowest BCUT2D eigenvalue weighted by Gasteiger charge is -2.47. The molecule has 2 bridgehead atoms. The summed E-state index contributed by atoms with van der Waals surface area (Å²) in [7, 11) is 0. The molecule has 0 spiro atoms. The quantitative estimate of drug-likeness (QED) is 0.383. The molecule has 4 aliphatic carbocycles. The Kier molecular flexibility index (Phi) is 4.27. The first kappa shape index (κ1) is 19.4. The van der Waals surface area contributed by atoms with E-state index in [9.17, 15) is 4.39 Å². The van der Waals surface area contributed by atoms with E-state index in [2.05, 4.69) is 40.4 Å². The maximum atomic E-state index is 14.0. The van der Waals surface area contributed by atoms with Gasteiger partial charge < -0.3 is 10.3 Å². The molecule has 5 nitrogen and oxygen atoms in total. The van der Waals surface area contributed by atoms with Crippen LogP contribution in [-0.4, -0.2) is 26.0 Å². The first-order valence-electron chi connectivity index (χ1n) is 12.4. The van der Waals surface area contributed by atoms with E-state index in [0.717, 1.165) is 28.2 Å². The number of halogens is 1. The second kappa shape index (κ2) is 7.24. The number of aromatic amines is 1. The molecule has 4 aromatic rings. The summed E-state index contributed by atoms with van der Waals surface area (Å²) in [5, 5.41) is 5.72. The van der Waals surface area contributed by atoms with Gasteiger partial charge in [0.25, 0.3) is 0 Å². The summed E-state index contributed by atoms with van der Waals surface area (Å²) in [6.07, 6.45) is 10.9. The average Bonchev–Trinajstić information content (AvgIpc) is 3.60. The van der Waals surface area contributed by atoms with E-state index >= 15 is 0 Å². The van der Waals surface area contributed by atoms with Crippen LogP contribution in [0.1, 0.15) is 56.9 Å². The molecular formula is C27H28FN5. The van der Waals surface area contributed by atoms with Gasteiger partial charge in [-0.3, -0.25) is 0 Å².